The third-order valence-electron chi connectivity index (χ3n) is 9.25. The first-order valence-electron chi connectivity index (χ1n) is 13.2. The zero-order valence-electron chi connectivity index (χ0n) is 20.9. The lowest BCUT2D eigenvalue weighted by atomic mass is 9.45. The van der Waals surface area contributed by atoms with E-state index in [0.29, 0.717) is 52.6 Å². The molecule has 2 N–H and O–H groups in total. The zero-order chi connectivity index (χ0) is 23.0. The molecule has 34 heavy (non-hydrogen) atoms. The van der Waals surface area contributed by atoms with Gasteiger partial charge in [0.05, 0.1) is 6.61 Å². The molecular weight excluding hydrogens is 470 g/mol. The minimum atomic E-state index is -0.117. The first-order chi connectivity index (χ1) is 15.9. The summed E-state index contributed by atoms with van der Waals surface area (Å²) in [6, 6.07) is 0.214. The molecule has 8 heteroatoms. The highest BCUT2D eigenvalue weighted by Gasteiger charge is 2.56. The fourth-order valence-corrected chi connectivity index (χ4v) is 8.11. The Morgan fingerprint density at radius 2 is 1.91 bits per heavy atom. The summed E-state index contributed by atoms with van der Waals surface area (Å²) in [5.74, 6) is 3.18. The van der Waals surface area contributed by atoms with E-state index in [1.54, 1.807) is 11.8 Å². The second-order valence-corrected chi connectivity index (χ2v) is 12.9. The fraction of sp³-hybridized carbons (Fsp3) is 0.846. The van der Waals surface area contributed by atoms with Crippen molar-refractivity contribution >= 4 is 30.1 Å². The van der Waals surface area contributed by atoms with Crippen LogP contribution < -0.4 is 15.4 Å². The molecule has 0 unspecified atom stereocenters. The Kier molecular flexibility index (Phi) is 8.46. The number of thioether (sulfide) groups is 1. The molecule has 1 saturated heterocycles. The van der Waals surface area contributed by atoms with Crippen molar-refractivity contribution in [2.45, 2.75) is 94.7 Å². The quantitative estimate of drug-likeness (QED) is 0.489. The third-order valence-corrected chi connectivity index (χ3v) is 10.6. The summed E-state index contributed by atoms with van der Waals surface area (Å²) in [6.07, 6.45) is 10.8. The van der Waals surface area contributed by atoms with E-state index in [-0.39, 0.29) is 24.4 Å². The normalized spacial score (nSPS) is 31.3. The van der Waals surface area contributed by atoms with Crippen molar-refractivity contribution in [1.82, 2.24) is 15.8 Å². The number of hydrogen-bond acceptors (Lipinski definition) is 6. The monoisotopic (exact) mass is 511 g/mol. The van der Waals surface area contributed by atoms with Gasteiger partial charge in [0.15, 0.2) is 0 Å². The first kappa shape index (κ1) is 26.2. The lowest BCUT2D eigenvalue weighted by Gasteiger charge is -2.62. The Balaban J connectivity index is 0.00000274. The fourth-order valence-electron chi connectivity index (χ4n) is 6.78. The van der Waals surface area contributed by atoms with E-state index in [2.05, 4.69) is 36.6 Å². The molecule has 4 aliphatic carbocycles. The van der Waals surface area contributed by atoms with Gasteiger partial charge in [-0.3, -0.25) is 4.79 Å². The van der Waals surface area contributed by atoms with Crippen LogP contribution in [-0.2, 0) is 0 Å². The molecule has 0 aromatic carbocycles. The number of ether oxygens (including phenoxy) is 1. The summed E-state index contributed by atoms with van der Waals surface area (Å²) in [5.41, 5.74) is 0.407. The number of fused-ring (bicyclic) bond motifs is 2. The highest BCUT2D eigenvalue weighted by molar-refractivity contribution is 8.00. The Labute approximate surface area is 214 Å². The van der Waals surface area contributed by atoms with Crippen molar-refractivity contribution < 1.29 is 14.1 Å². The number of nitrogens with zero attached hydrogens (tertiary/aromatic N) is 1. The number of rotatable bonds is 7. The van der Waals surface area contributed by atoms with Gasteiger partial charge in [0, 0.05) is 11.3 Å². The molecule has 4 atom stereocenters. The summed E-state index contributed by atoms with van der Waals surface area (Å²) >= 11 is 1.76. The third kappa shape index (κ3) is 5.27. The van der Waals surface area contributed by atoms with Crippen LogP contribution in [0.15, 0.2) is 9.42 Å². The van der Waals surface area contributed by atoms with Crippen molar-refractivity contribution in [1.29, 1.82) is 0 Å². The van der Waals surface area contributed by atoms with Gasteiger partial charge in [0.2, 0.25) is 5.76 Å². The SMILES string of the molecule is C[C@H]1[C@@H](NC(=O)c2onc(OCC3CCNCC3)c2SC2CCCCC2)C[C@H]2C[C@@H]1C2(C)C.Cl. The Morgan fingerprint density at radius 3 is 2.59 bits per heavy atom. The van der Waals surface area contributed by atoms with E-state index in [1.807, 2.05) is 0 Å². The van der Waals surface area contributed by atoms with Gasteiger partial charge in [-0.05, 0) is 85.9 Å². The van der Waals surface area contributed by atoms with E-state index in [4.69, 9.17) is 9.26 Å². The number of aromatic nitrogens is 1. The average Bonchev–Trinajstić information content (AvgIpc) is 3.22. The second kappa shape index (κ2) is 11.0. The summed E-state index contributed by atoms with van der Waals surface area (Å²) in [4.78, 5) is 14.2. The zero-order valence-corrected chi connectivity index (χ0v) is 22.6. The lowest BCUT2D eigenvalue weighted by molar-refractivity contribution is -0.113. The van der Waals surface area contributed by atoms with Crippen LogP contribution in [0.25, 0.3) is 0 Å². The van der Waals surface area contributed by atoms with Crippen LogP contribution in [0.1, 0.15) is 89.1 Å². The molecule has 4 saturated carbocycles. The van der Waals surface area contributed by atoms with Gasteiger partial charge in [0.1, 0.15) is 4.90 Å². The van der Waals surface area contributed by atoms with Crippen molar-refractivity contribution in [3.05, 3.63) is 5.76 Å². The van der Waals surface area contributed by atoms with Crippen LogP contribution in [0.3, 0.4) is 0 Å². The Bertz CT molecular complexity index is 835. The number of amides is 1. The van der Waals surface area contributed by atoms with E-state index < -0.39 is 0 Å². The second-order valence-electron chi connectivity index (χ2n) is 11.6. The van der Waals surface area contributed by atoms with Gasteiger partial charge >= 0.3 is 0 Å². The van der Waals surface area contributed by atoms with Crippen LogP contribution in [-0.4, -0.2) is 42.1 Å². The average molecular weight is 512 g/mol. The number of carbonyl (C=O) groups is 1. The maximum atomic E-state index is 13.4. The van der Waals surface area contributed by atoms with Gasteiger partial charge in [-0.1, -0.05) is 40.0 Å². The number of nitrogens with one attached hydrogen (secondary N) is 2. The number of piperidine rings is 1. The molecule has 6 rings (SSSR count). The van der Waals surface area contributed by atoms with Gasteiger partial charge in [-0.15, -0.1) is 24.2 Å². The molecule has 1 aromatic heterocycles. The summed E-state index contributed by atoms with van der Waals surface area (Å²) < 4.78 is 11.9. The molecule has 0 spiro atoms. The van der Waals surface area contributed by atoms with Crippen LogP contribution in [0.2, 0.25) is 0 Å². The minimum Gasteiger partial charge on any atom is -0.474 e. The van der Waals surface area contributed by atoms with Crippen LogP contribution in [0.4, 0.5) is 0 Å². The van der Waals surface area contributed by atoms with E-state index in [9.17, 15) is 4.79 Å². The molecule has 1 aliphatic heterocycles. The van der Waals surface area contributed by atoms with Crippen molar-refractivity contribution in [2.24, 2.45) is 29.1 Å². The lowest BCUT2D eigenvalue weighted by Crippen LogP contribution is -2.60. The molecule has 2 bridgehead atoms. The van der Waals surface area contributed by atoms with Crippen molar-refractivity contribution in [3.8, 4) is 5.88 Å². The molecule has 1 aromatic rings. The van der Waals surface area contributed by atoms with Gasteiger partial charge in [0.25, 0.3) is 11.8 Å². The maximum absolute atomic E-state index is 13.4. The smallest absolute Gasteiger partial charge is 0.291 e. The largest absolute Gasteiger partial charge is 0.474 e. The molecule has 0 radical (unpaired) electrons. The highest BCUT2D eigenvalue weighted by Crippen LogP contribution is 2.61. The van der Waals surface area contributed by atoms with Crippen LogP contribution >= 0.6 is 24.2 Å². The van der Waals surface area contributed by atoms with Gasteiger partial charge < -0.3 is 19.9 Å². The topological polar surface area (TPSA) is 76.4 Å². The molecular formula is C26H42ClN3O3S. The minimum absolute atomic E-state index is 0. The summed E-state index contributed by atoms with van der Waals surface area (Å²) in [7, 11) is 0. The molecule has 2 heterocycles. The predicted molar refractivity (Wildman–Crippen MR) is 138 cm³/mol. The van der Waals surface area contributed by atoms with Crippen molar-refractivity contribution in [3.63, 3.8) is 0 Å². The number of carbonyl (C=O) groups excluding carboxylic acids is 1. The standard InChI is InChI=1S/C26H41N3O3S.ClH/c1-16-20-13-18(26(20,2)3)14-21(16)28-24(30)22-23(33-19-7-5-4-6-8-19)25(29-32-22)31-15-17-9-11-27-12-10-17;/h16-21,27H,4-15H2,1-3H3,(H,28,30);1H/t16-,18-,20+,21+;/m1./s1. The summed E-state index contributed by atoms with van der Waals surface area (Å²) in [6.45, 7) is 9.82. The van der Waals surface area contributed by atoms with Crippen LogP contribution in [0.5, 0.6) is 5.88 Å². The number of halogens is 1. The molecule has 6 nitrogen and oxygen atoms in total. The molecule has 5 fully saturated rings. The summed E-state index contributed by atoms with van der Waals surface area (Å²) in [5, 5.41) is 11.5. The molecule has 5 aliphatic rings. The molecule has 192 valence electrons. The van der Waals surface area contributed by atoms with Crippen LogP contribution in [0, 0.1) is 29.1 Å². The van der Waals surface area contributed by atoms with Crippen molar-refractivity contribution in [2.75, 3.05) is 19.7 Å². The Hall–Kier alpha value is -0.920. The first-order valence-corrected chi connectivity index (χ1v) is 14.1. The predicted octanol–water partition coefficient (Wildman–Crippen LogP) is 5.70. The van der Waals surface area contributed by atoms with Gasteiger partial charge in [-0.2, -0.15) is 0 Å². The van der Waals surface area contributed by atoms with Gasteiger partial charge in [-0.25, -0.2) is 0 Å². The highest BCUT2D eigenvalue weighted by atomic mass is 35.5. The van der Waals surface area contributed by atoms with E-state index >= 15 is 0 Å². The van der Waals surface area contributed by atoms with E-state index in [1.165, 1.54) is 38.5 Å². The maximum Gasteiger partial charge on any atom is 0.291 e. The molecule has 1 amide bonds. The Morgan fingerprint density at radius 1 is 1.18 bits per heavy atom. The van der Waals surface area contributed by atoms with E-state index in [0.717, 1.165) is 37.2 Å². The number of hydrogen-bond donors (Lipinski definition) is 2.